The highest BCUT2D eigenvalue weighted by Gasteiger charge is 2.50. The molecule has 0 spiro atoms. The number of carbonyl (C=O) groups is 1. The van der Waals surface area contributed by atoms with E-state index in [2.05, 4.69) is 15.9 Å². The number of ketones is 1. The molecule has 4 fully saturated rings. The summed E-state index contributed by atoms with van der Waals surface area (Å²) in [5.41, 5.74) is 0. The molecule has 0 N–H and O–H groups in total. The minimum Gasteiger partial charge on any atom is -0.298 e. The molecule has 0 aromatic rings. The standard InChI is InChI=1S/C13H19BrO/c1-7(14)13(15)12-10-3-8-2-9(5-10)6-11(12)4-8/h7-12H,2-6H2,1H3. The fraction of sp³-hybridized carbons (Fsp3) is 0.923. The number of carbonyl (C=O) groups excluding carboxylic acids is 1. The van der Waals surface area contributed by atoms with Crippen LogP contribution in [-0.4, -0.2) is 10.6 Å². The van der Waals surface area contributed by atoms with Gasteiger partial charge in [-0.05, 0) is 62.7 Å². The molecule has 4 saturated carbocycles. The normalized spacial score (nSPS) is 49.3. The third kappa shape index (κ3) is 1.60. The molecule has 15 heavy (non-hydrogen) atoms. The van der Waals surface area contributed by atoms with E-state index in [4.69, 9.17) is 0 Å². The summed E-state index contributed by atoms with van der Waals surface area (Å²) in [6, 6.07) is 0. The molecule has 84 valence electrons. The van der Waals surface area contributed by atoms with Crippen LogP contribution in [0.25, 0.3) is 0 Å². The van der Waals surface area contributed by atoms with Gasteiger partial charge in [0.2, 0.25) is 0 Å². The van der Waals surface area contributed by atoms with Gasteiger partial charge < -0.3 is 0 Å². The molecule has 1 nitrogen and oxygen atoms in total. The zero-order valence-electron chi connectivity index (χ0n) is 9.29. The highest BCUT2D eigenvalue weighted by Crippen LogP contribution is 2.57. The number of alkyl halides is 1. The van der Waals surface area contributed by atoms with Gasteiger partial charge in [0.25, 0.3) is 0 Å². The smallest absolute Gasteiger partial charge is 0.149 e. The number of Topliss-reactive ketones (excluding diaryl/α,β-unsaturated/α-hetero) is 1. The fourth-order valence-corrected chi connectivity index (χ4v) is 4.96. The molecule has 0 aliphatic heterocycles. The minimum absolute atomic E-state index is 0.0695. The monoisotopic (exact) mass is 270 g/mol. The molecule has 0 amide bonds. The molecule has 2 heteroatoms. The van der Waals surface area contributed by atoms with Gasteiger partial charge in [-0.3, -0.25) is 4.79 Å². The van der Waals surface area contributed by atoms with Crippen LogP contribution in [-0.2, 0) is 4.79 Å². The van der Waals surface area contributed by atoms with Crippen LogP contribution < -0.4 is 0 Å². The van der Waals surface area contributed by atoms with Crippen LogP contribution in [0.1, 0.15) is 39.0 Å². The van der Waals surface area contributed by atoms with Crippen LogP contribution >= 0.6 is 15.9 Å². The van der Waals surface area contributed by atoms with Crippen LogP contribution in [0, 0.1) is 29.6 Å². The lowest BCUT2D eigenvalue weighted by molar-refractivity contribution is -0.134. The first kappa shape index (κ1) is 10.3. The average Bonchev–Trinajstić information content (AvgIpc) is 2.15. The zero-order valence-corrected chi connectivity index (χ0v) is 10.9. The van der Waals surface area contributed by atoms with Crippen molar-refractivity contribution in [1.29, 1.82) is 0 Å². The summed E-state index contributed by atoms with van der Waals surface area (Å²) in [6.07, 6.45) is 6.87. The van der Waals surface area contributed by atoms with Gasteiger partial charge in [-0.1, -0.05) is 15.9 Å². The number of hydrogen-bond acceptors (Lipinski definition) is 1. The molecule has 4 aliphatic rings. The van der Waals surface area contributed by atoms with E-state index in [1.54, 1.807) is 0 Å². The van der Waals surface area contributed by atoms with Crippen molar-refractivity contribution < 1.29 is 4.79 Å². The molecule has 0 saturated heterocycles. The fourth-order valence-electron chi connectivity index (χ4n) is 4.65. The van der Waals surface area contributed by atoms with Crippen LogP contribution in [0.5, 0.6) is 0 Å². The first-order valence-corrected chi connectivity index (χ1v) is 7.24. The van der Waals surface area contributed by atoms with E-state index >= 15 is 0 Å². The van der Waals surface area contributed by atoms with Crippen LogP contribution in [0.2, 0.25) is 0 Å². The Balaban J connectivity index is 1.83. The van der Waals surface area contributed by atoms with E-state index in [1.165, 1.54) is 32.1 Å². The van der Waals surface area contributed by atoms with Crippen molar-refractivity contribution in [3.63, 3.8) is 0 Å². The molecular weight excluding hydrogens is 252 g/mol. The molecule has 4 rings (SSSR count). The van der Waals surface area contributed by atoms with E-state index < -0.39 is 0 Å². The van der Waals surface area contributed by atoms with Crippen molar-refractivity contribution in [3.05, 3.63) is 0 Å². The summed E-state index contributed by atoms with van der Waals surface area (Å²) in [4.78, 5) is 12.3. The molecule has 0 radical (unpaired) electrons. The lowest BCUT2D eigenvalue weighted by atomic mass is 9.51. The Morgan fingerprint density at radius 1 is 1.07 bits per heavy atom. The third-order valence-electron chi connectivity index (χ3n) is 4.95. The minimum atomic E-state index is 0.0695. The summed E-state index contributed by atoms with van der Waals surface area (Å²) in [6.45, 7) is 1.99. The highest BCUT2D eigenvalue weighted by atomic mass is 79.9. The van der Waals surface area contributed by atoms with Gasteiger partial charge in [-0.15, -0.1) is 0 Å². The predicted molar refractivity (Wildman–Crippen MR) is 63.9 cm³/mol. The van der Waals surface area contributed by atoms with Crippen molar-refractivity contribution in [2.75, 3.05) is 0 Å². The Labute approximate surface area is 100 Å². The Kier molecular flexibility index (Phi) is 2.46. The topological polar surface area (TPSA) is 17.1 Å². The van der Waals surface area contributed by atoms with Crippen molar-refractivity contribution in [1.82, 2.24) is 0 Å². The molecular formula is C13H19BrO. The summed E-state index contributed by atoms with van der Waals surface area (Å²) < 4.78 is 0. The SMILES string of the molecule is CC(Br)C(=O)C1C2CC3CC(C2)CC1C3. The second kappa shape index (κ2) is 3.58. The molecule has 1 atom stereocenters. The predicted octanol–water partition coefficient (Wildman–Crippen LogP) is 3.41. The van der Waals surface area contributed by atoms with E-state index in [9.17, 15) is 4.79 Å². The highest BCUT2D eigenvalue weighted by molar-refractivity contribution is 9.10. The Bertz CT molecular complexity index is 256. The first-order chi connectivity index (χ1) is 7.15. The summed E-state index contributed by atoms with van der Waals surface area (Å²) in [7, 11) is 0. The van der Waals surface area contributed by atoms with Gasteiger partial charge in [0.05, 0.1) is 4.83 Å². The molecule has 4 bridgehead atoms. The zero-order chi connectivity index (χ0) is 10.6. The molecule has 0 aromatic heterocycles. The van der Waals surface area contributed by atoms with Gasteiger partial charge in [-0.25, -0.2) is 0 Å². The van der Waals surface area contributed by atoms with Crippen molar-refractivity contribution >= 4 is 21.7 Å². The quantitative estimate of drug-likeness (QED) is 0.703. The van der Waals surface area contributed by atoms with E-state index in [0.29, 0.717) is 11.7 Å². The third-order valence-corrected chi connectivity index (χ3v) is 5.40. The van der Waals surface area contributed by atoms with Crippen LogP contribution in [0.3, 0.4) is 0 Å². The number of rotatable bonds is 2. The maximum absolute atomic E-state index is 12.2. The second-order valence-electron chi connectivity index (χ2n) is 5.97. The van der Waals surface area contributed by atoms with Gasteiger partial charge in [0, 0.05) is 5.92 Å². The largest absolute Gasteiger partial charge is 0.298 e. The van der Waals surface area contributed by atoms with Crippen LogP contribution in [0.4, 0.5) is 0 Å². The van der Waals surface area contributed by atoms with Crippen LogP contribution in [0.15, 0.2) is 0 Å². The first-order valence-electron chi connectivity index (χ1n) is 6.33. The van der Waals surface area contributed by atoms with Gasteiger partial charge >= 0.3 is 0 Å². The maximum atomic E-state index is 12.2. The van der Waals surface area contributed by atoms with Crippen molar-refractivity contribution in [3.8, 4) is 0 Å². The maximum Gasteiger partial charge on any atom is 0.149 e. The summed E-state index contributed by atoms with van der Waals surface area (Å²) >= 11 is 3.46. The Morgan fingerprint density at radius 3 is 1.93 bits per heavy atom. The van der Waals surface area contributed by atoms with Crippen molar-refractivity contribution in [2.24, 2.45) is 29.6 Å². The van der Waals surface area contributed by atoms with Gasteiger partial charge in [0.1, 0.15) is 5.78 Å². The van der Waals surface area contributed by atoms with Gasteiger partial charge in [-0.2, -0.15) is 0 Å². The lowest BCUT2D eigenvalue weighted by Crippen LogP contribution is -2.49. The molecule has 1 unspecified atom stereocenters. The summed E-state index contributed by atoms with van der Waals surface area (Å²) in [5.74, 6) is 4.34. The Morgan fingerprint density at radius 2 is 1.53 bits per heavy atom. The second-order valence-corrected chi connectivity index (χ2v) is 7.35. The van der Waals surface area contributed by atoms with E-state index in [-0.39, 0.29) is 4.83 Å². The van der Waals surface area contributed by atoms with Crippen molar-refractivity contribution in [2.45, 2.75) is 43.9 Å². The summed E-state index contributed by atoms with van der Waals surface area (Å²) in [5, 5.41) is 0. The average molecular weight is 271 g/mol. The molecule has 0 heterocycles. The Hall–Kier alpha value is 0.150. The van der Waals surface area contributed by atoms with Gasteiger partial charge in [0.15, 0.2) is 0 Å². The lowest BCUT2D eigenvalue weighted by Gasteiger charge is -2.54. The molecule has 0 aromatic carbocycles. The van der Waals surface area contributed by atoms with E-state index in [1.807, 2.05) is 6.92 Å². The number of halogens is 1. The van der Waals surface area contributed by atoms with E-state index in [0.717, 1.165) is 23.7 Å². The molecule has 4 aliphatic carbocycles. The number of hydrogen-bond donors (Lipinski definition) is 0.